The Morgan fingerprint density at radius 3 is 2.73 bits per heavy atom. The number of likely N-dealkylation sites (tertiary alicyclic amines) is 1. The van der Waals surface area contributed by atoms with Crippen LogP contribution in [0.4, 0.5) is 10.5 Å². The third kappa shape index (κ3) is 3.78. The topological polar surface area (TPSA) is 61.4 Å². The Balaban J connectivity index is 2.06. The fourth-order valence-corrected chi connectivity index (χ4v) is 2.80. The lowest BCUT2D eigenvalue weighted by Gasteiger charge is -2.25. The first-order valence-electron chi connectivity index (χ1n) is 7.98. The van der Waals surface area contributed by atoms with Crippen LogP contribution >= 0.6 is 0 Å². The number of rotatable bonds is 4. The second kappa shape index (κ2) is 7.29. The van der Waals surface area contributed by atoms with Crippen molar-refractivity contribution in [3.8, 4) is 0 Å². The number of nitrogens with zero attached hydrogens (tertiary/aromatic N) is 1. The van der Waals surface area contributed by atoms with Gasteiger partial charge in [0.25, 0.3) is 0 Å². The predicted molar refractivity (Wildman–Crippen MR) is 87.8 cm³/mol. The molecule has 0 bridgehead atoms. The van der Waals surface area contributed by atoms with Crippen molar-refractivity contribution in [3.05, 3.63) is 29.8 Å². The number of amides is 3. The van der Waals surface area contributed by atoms with Gasteiger partial charge in [-0.2, -0.15) is 0 Å². The minimum atomic E-state index is -0.365. The quantitative estimate of drug-likeness (QED) is 0.898. The van der Waals surface area contributed by atoms with E-state index in [4.69, 9.17) is 0 Å². The standard InChI is InChI=1S/C17H25N3O2/c1-4-13-8-5-6-9-14(13)19-17(22)20-11-7-10-15(20)16(21)18-12(2)3/h5-6,8-9,12,15H,4,7,10-11H2,1-3H3,(H,18,21)(H,19,22)/t15-/m1/s1. The highest BCUT2D eigenvalue weighted by atomic mass is 16.2. The lowest BCUT2D eigenvalue weighted by atomic mass is 10.1. The SMILES string of the molecule is CCc1ccccc1NC(=O)N1CCC[C@@H]1C(=O)NC(C)C. The van der Waals surface area contributed by atoms with Crippen molar-refractivity contribution in [1.29, 1.82) is 0 Å². The molecule has 1 aromatic rings. The lowest BCUT2D eigenvalue weighted by Crippen LogP contribution is -2.49. The molecule has 5 heteroatoms. The smallest absolute Gasteiger partial charge is 0.322 e. The fourth-order valence-electron chi connectivity index (χ4n) is 2.80. The Bertz CT molecular complexity index is 542. The van der Waals surface area contributed by atoms with Gasteiger partial charge in [-0.25, -0.2) is 4.79 Å². The van der Waals surface area contributed by atoms with E-state index in [1.54, 1.807) is 4.90 Å². The van der Waals surface area contributed by atoms with Gasteiger partial charge in [0.1, 0.15) is 6.04 Å². The Morgan fingerprint density at radius 1 is 1.32 bits per heavy atom. The molecule has 2 N–H and O–H groups in total. The first kappa shape index (κ1) is 16.3. The molecule has 1 aliphatic rings. The molecule has 0 spiro atoms. The van der Waals surface area contributed by atoms with Crippen molar-refractivity contribution in [1.82, 2.24) is 10.2 Å². The van der Waals surface area contributed by atoms with Crippen LogP contribution in [0.25, 0.3) is 0 Å². The van der Waals surface area contributed by atoms with Crippen LogP contribution in [0.1, 0.15) is 39.2 Å². The van der Waals surface area contributed by atoms with Gasteiger partial charge in [-0.05, 0) is 44.7 Å². The van der Waals surface area contributed by atoms with Gasteiger partial charge in [0.15, 0.2) is 0 Å². The zero-order valence-electron chi connectivity index (χ0n) is 13.6. The number of para-hydroxylation sites is 1. The number of carbonyl (C=O) groups is 2. The molecule has 120 valence electrons. The molecule has 1 aliphatic heterocycles. The number of aryl methyl sites for hydroxylation is 1. The zero-order valence-corrected chi connectivity index (χ0v) is 13.6. The summed E-state index contributed by atoms with van der Waals surface area (Å²) >= 11 is 0. The van der Waals surface area contributed by atoms with E-state index in [2.05, 4.69) is 17.6 Å². The molecular formula is C17H25N3O2. The van der Waals surface area contributed by atoms with E-state index in [1.165, 1.54) is 0 Å². The summed E-state index contributed by atoms with van der Waals surface area (Å²) in [5.74, 6) is -0.0635. The second-order valence-electron chi connectivity index (χ2n) is 5.96. The monoisotopic (exact) mass is 303 g/mol. The Kier molecular flexibility index (Phi) is 5.41. The lowest BCUT2D eigenvalue weighted by molar-refractivity contribution is -0.125. The van der Waals surface area contributed by atoms with Gasteiger partial charge >= 0.3 is 6.03 Å². The average Bonchev–Trinajstić information content (AvgIpc) is 2.96. The molecule has 22 heavy (non-hydrogen) atoms. The average molecular weight is 303 g/mol. The summed E-state index contributed by atoms with van der Waals surface area (Å²) in [5, 5.41) is 5.84. The molecule has 1 saturated heterocycles. The molecule has 0 aromatic heterocycles. The minimum Gasteiger partial charge on any atom is -0.352 e. The number of benzene rings is 1. The second-order valence-corrected chi connectivity index (χ2v) is 5.96. The molecule has 5 nitrogen and oxygen atoms in total. The number of anilines is 1. The van der Waals surface area contributed by atoms with Crippen molar-refractivity contribution in [2.45, 2.75) is 52.1 Å². The van der Waals surface area contributed by atoms with Crippen molar-refractivity contribution in [2.24, 2.45) is 0 Å². The van der Waals surface area contributed by atoms with E-state index in [9.17, 15) is 9.59 Å². The number of hydrogen-bond donors (Lipinski definition) is 2. The van der Waals surface area contributed by atoms with Gasteiger partial charge in [0.2, 0.25) is 5.91 Å². The van der Waals surface area contributed by atoms with Crippen molar-refractivity contribution >= 4 is 17.6 Å². The third-order valence-electron chi connectivity index (χ3n) is 3.89. The summed E-state index contributed by atoms with van der Waals surface area (Å²) in [7, 11) is 0. The number of urea groups is 1. The van der Waals surface area contributed by atoms with Gasteiger partial charge in [-0.3, -0.25) is 4.79 Å². The maximum Gasteiger partial charge on any atom is 0.322 e. The summed E-state index contributed by atoms with van der Waals surface area (Å²) in [5.41, 5.74) is 1.92. The number of hydrogen-bond acceptors (Lipinski definition) is 2. The Labute approximate surface area is 132 Å². The summed E-state index contributed by atoms with van der Waals surface area (Å²) in [4.78, 5) is 26.4. The van der Waals surface area contributed by atoms with E-state index in [1.807, 2.05) is 38.1 Å². The van der Waals surface area contributed by atoms with Crippen LogP contribution < -0.4 is 10.6 Å². The molecule has 0 aliphatic carbocycles. The van der Waals surface area contributed by atoms with Crippen LogP contribution in [-0.4, -0.2) is 35.5 Å². The van der Waals surface area contributed by atoms with Crippen molar-refractivity contribution < 1.29 is 9.59 Å². The van der Waals surface area contributed by atoms with Crippen LogP contribution in [0.3, 0.4) is 0 Å². The summed E-state index contributed by atoms with van der Waals surface area (Å²) < 4.78 is 0. The maximum absolute atomic E-state index is 12.5. The first-order valence-corrected chi connectivity index (χ1v) is 7.98. The molecule has 1 fully saturated rings. The van der Waals surface area contributed by atoms with Crippen LogP contribution in [0.5, 0.6) is 0 Å². The molecular weight excluding hydrogens is 278 g/mol. The van der Waals surface area contributed by atoms with Crippen molar-refractivity contribution in [3.63, 3.8) is 0 Å². The van der Waals surface area contributed by atoms with Gasteiger partial charge in [0, 0.05) is 18.3 Å². The highest BCUT2D eigenvalue weighted by Gasteiger charge is 2.34. The van der Waals surface area contributed by atoms with Crippen LogP contribution in [0.15, 0.2) is 24.3 Å². The predicted octanol–water partition coefficient (Wildman–Crippen LogP) is 2.77. The Hall–Kier alpha value is -2.04. The van der Waals surface area contributed by atoms with E-state index in [-0.39, 0.29) is 24.0 Å². The van der Waals surface area contributed by atoms with Crippen LogP contribution in [0, 0.1) is 0 Å². The zero-order chi connectivity index (χ0) is 16.1. The van der Waals surface area contributed by atoms with Crippen LogP contribution in [-0.2, 0) is 11.2 Å². The molecule has 1 aromatic carbocycles. The van der Waals surface area contributed by atoms with E-state index >= 15 is 0 Å². The van der Waals surface area contributed by atoms with Gasteiger partial charge < -0.3 is 15.5 Å². The van der Waals surface area contributed by atoms with E-state index in [0.717, 1.165) is 30.5 Å². The summed E-state index contributed by atoms with van der Waals surface area (Å²) in [6, 6.07) is 7.29. The highest BCUT2D eigenvalue weighted by Crippen LogP contribution is 2.21. The fraction of sp³-hybridized carbons (Fsp3) is 0.529. The van der Waals surface area contributed by atoms with E-state index in [0.29, 0.717) is 6.54 Å². The van der Waals surface area contributed by atoms with Gasteiger partial charge in [0.05, 0.1) is 0 Å². The molecule has 0 radical (unpaired) electrons. The van der Waals surface area contributed by atoms with Gasteiger partial charge in [-0.1, -0.05) is 25.1 Å². The van der Waals surface area contributed by atoms with Crippen LogP contribution in [0.2, 0.25) is 0 Å². The first-order chi connectivity index (χ1) is 10.5. The Morgan fingerprint density at radius 2 is 2.05 bits per heavy atom. The maximum atomic E-state index is 12.5. The summed E-state index contributed by atoms with van der Waals surface area (Å²) in [6.45, 7) is 6.53. The molecule has 1 heterocycles. The molecule has 2 rings (SSSR count). The molecule has 3 amide bonds. The normalized spacial score (nSPS) is 17.6. The highest BCUT2D eigenvalue weighted by molar-refractivity contribution is 5.94. The molecule has 1 atom stereocenters. The minimum absolute atomic E-state index is 0.0635. The summed E-state index contributed by atoms with van der Waals surface area (Å²) in [6.07, 6.45) is 2.44. The van der Waals surface area contributed by atoms with Gasteiger partial charge in [-0.15, -0.1) is 0 Å². The van der Waals surface area contributed by atoms with Crippen molar-refractivity contribution in [2.75, 3.05) is 11.9 Å². The number of nitrogens with one attached hydrogen (secondary N) is 2. The molecule has 0 unspecified atom stereocenters. The third-order valence-corrected chi connectivity index (χ3v) is 3.89. The molecule has 0 saturated carbocycles. The number of carbonyl (C=O) groups excluding carboxylic acids is 2. The van der Waals surface area contributed by atoms with E-state index < -0.39 is 0 Å². The largest absolute Gasteiger partial charge is 0.352 e.